The predicted octanol–water partition coefficient (Wildman–Crippen LogP) is 4.10. The van der Waals surface area contributed by atoms with Gasteiger partial charge < -0.3 is 9.88 Å². The minimum absolute atomic E-state index is 0.00925. The smallest absolute Gasteiger partial charge is 0.240 e. The minimum atomic E-state index is -0.0412. The number of rotatable bonds is 5. The fourth-order valence-corrected chi connectivity index (χ4v) is 4.06. The van der Waals surface area contributed by atoms with Crippen LogP contribution in [0.4, 0.5) is 0 Å². The molecular weight excluding hydrogens is 352 g/mol. The molecule has 1 N–H and O–H groups in total. The molecular formula is C18H16N4OS2. The summed E-state index contributed by atoms with van der Waals surface area (Å²) in [5.41, 5.74) is 4.37. The summed E-state index contributed by atoms with van der Waals surface area (Å²) in [6, 6.07) is 11.9. The van der Waals surface area contributed by atoms with Gasteiger partial charge in [0.2, 0.25) is 5.91 Å². The second-order valence-electron chi connectivity index (χ2n) is 5.69. The van der Waals surface area contributed by atoms with Crippen molar-refractivity contribution in [3.63, 3.8) is 0 Å². The molecule has 0 aliphatic rings. The summed E-state index contributed by atoms with van der Waals surface area (Å²) in [5.74, 6) is 0.682. The number of carbonyl (C=O) groups is 1. The fraction of sp³-hybridized carbons (Fsp3) is 0.167. The first-order valence-corrected chi connectivity index (χ1v) is 9.71. The molecule has 126 valence electrons. The third-order valence-electron chi connectivity index (χ3n) is 3.97. The van der Waals surface area contributed by atoms with Crippen molar-refractivity contribution in [2.24, 2.45) is 0 Å². The topological polar surface area (TPSA) is 59.8 Å². The van der Waals surface area contributed by atoms with Crippen LogP contribution in [-0.4, -0.2) is 20.4 Å². The van der Waals surface area contributed by atoms with Crippen molar-refractivity contribution in [1.82, 2.24) is 19.9 Å². The van der Waals surface area contributed by atoms with Crippen LogP contribution in [0.25, 0.3) is 22.6 Å². The minimum Gasteiger partial charge on any atom is -0.347 e. The van der Waals surface area contributed by atoms with Gasteiger partial charge in [0.15, 0.2) is 5.82 Å². The molecule has 0 aliphatic heterocycles. The van der Waals surface area contributed by atoms with Gasteiger partial charge in [-0.1, -0.05) is 18.2 Å². The molecule has 25 heavy (non-hydrogen) atoms. The van der Waals surface area contributed by atoms with Crippen LogP contribution in [0.3, 0.4) is 0 Å². The van der Waals surface area contributed by atoms with Crippen LogP contribution in [0.5, 0.6) is 0 Å². The monoisotopic (exact) mass is 368 g/mol. The van der Waals surface area contributed by atoms with E-state index in [4.69, 9.17) is 0 Å². The number of para-hydroxylation sites is 2. The number of benzene rings is 1. The van der Waals surface area contributed by atoms with E-state index in [0.717, 1.165) is 27.4 Å². The largest absolute Gasteiger partial charge is 0.347 e. The Morgan fingerprint density at radius 3 is 2.92 bits per heavy atom. The van der Waals surface area contributed by atoms with Gasteiger partial charge >= 0.3 is 0 Å². The van der Waals surface area contributed by atoms with Gasteiger partial charge in [-0.3, -0.25) is 4.79 Å². The van der Waals surface area contributed by atoms with Crippen molar-refractivity contribution in [1.29, 1.82) is 0 Å². The lowest BCUT2D eigenvalue weighted by Gasteiger charge is -2.14. The van der Waals surface area contributed by atoms with Crippen molar-refractivity contribution < 1.29 is 4.79 Å². The molecule has 5 nitrogen and oxygen atoms in total. The molecule has 3 heterocycles. The van der Waals surface area contributed by atoms with Crippen LogP contribution in [-0.2, 0) is 11.3 Å². The van der Waals surface area contributed by atoms with Crippen LogP contribution in [0.2, 0.25) is 0 Å². The normalized spacial score (nSPS) is 12.4. The maximum absolute atomic E-state index is 12.6. The quantitative estimate of drug-likeness (QED) is 0.577. The van der Waals surface area contributed by atoms with Gasteiger partial charge in [0.25, 0.3) is 0 Å². The summed E-state index contributed by atoms with van der Waals surface area (Å²) in [4.78, 5) is 22.8. The number of carbonyl (C=O) groups excluding carboxylic acids is 1. The maximum atomic E-state index is 12.6. The van der Waals surface area contributed by atoms with E-state index in [2.05, 4.69) is 15.3 Å². The Morgan fingerprint density at radius 1 is 1.28 bits per heavy atom. The second-order valence-corrected chi connectivity index (χ2v) is 7.39. The van der Waals surface area contributed by atoms with Crippen molar-refractivity contribution in [3.05, 3.63) is 57.5 Å². The lowest BCUT2D eigenvalue weighted by molar-refractivity contribution is -0.122. The van der Waals surface area contributed by atoms with Crippen LogP contribution in [0, 0.1) is 0 Å². The first-order chi connectivity index (χ1) is 12.2. The van der Waals surface area contributed by atoms with Crippen LogP contribution >= 0.6 is 22.7 Å². The molecule has 1 atom stereocenters. The lowest BCUT2D eigenvalue weighted by Crippen LogP contribution is -2.29. The number of aromatic nitrogens is 3. The molecule has 0 radical (unpaired) electrons. The summed E-state index contributed by atoms with van der Waals surface area (Å²) < 4.78 is 1.93. The molecule has 0 unspecified atom stereocenters. The summed E-state index contributed by atoms with van der Waals surface area (Å²) in [6.45, 7) is 2.21. The Morgan fingerprint density at radius 2 is 2.16 bits per heavy atom. The number of thiophene rings is 1. The lowest BCUT2D eigenvalue weighted by atomic mass is 10.2. The Balaban J connectivity index is 1.64. The number of nitrogens with zero attached hydrogens (tertiary/aromatic N) is 3. The van der Waals surface area contributed by atoms with Gasteiger partial charge in [0.05, 0.1) is 22.6 Å². The van der Waals surface area contributed by atoms with E-state index in [1.807, 2.05) is 58.6 Å². The number of fused-ring (bicyclic) bond motifs is 1. The van der Waals surface area contributed by atoms with Crippen molar-refractivity contribution >= 4 is 39.6 Å². The van der Waals surface area contributed by atoms with Crippen LogP contribution < -0.4 is 5.32 Å². The van der Waals surface area contributed by atoms with Gasteiger partial charge in [0.1, 0.15) is 12.2 Å². The molecule has 1 aromatic carbocycles. The number of amides is 1. The highest BCUT2D eigenvalue weighted by Gasteiger charge is 2.17. The van der Waals surface area contributed by atoms with E-state index < -0.39 is 0 Å². The molecule has 0 spiro atoms. The molecule has 0 aliphatic carbocycles. The third-order valence-corrected chi connectivity index (χ3v) is 5.61. The highest BCUT2D eigenvalue weighted by Crippen LogP contribution is 2.25. The number of thiazole rings is 1. The fourth-order valence-electron chi connectivity index (χ4n) is 2.79. The number of imidazole rings is 1. The zero-order chi connectivity index (χ0) is 17.2. The third kappa shape index (κ3) is 3.20. The van der Waals surface area contributed by atoms with E-state index in [1.165, 1.54) is 11.3 Å². The Bertz CT molecular complexity index is 990. The molecule has 0 saturated heterocycles. The van der Waals surface area contributed by atoms with Crippen molar-refractivity contribution in [2.75, 3.05) is 0 Å². The van der Waals surface area contributed by atoms with Crippen molar-refractivity contribution in [2.45, 2.75) is 19.5 Å². The van der Waals surface area contributed by atoms with Crippen molar-refractivity contribution in [3.8, 4) is 11.5 Å². The number of hydrogen-bond acceptors (Lipinski definition) is 5. The Kier molecular flexibility index (Phi) is 4.33. The standard InChI is InChI=1S/C18H16N4OS2/c1-12(16-7-4-8-25-16)20-17(23)9-22-15-6-3-2-5-13(15)21-18(22)14-10-24-11-19-14/h2-8,10-12H,9H2,1H3,(H,20,23)/t12-/m0/s1. The summed E-state index contributed by atoms with van der Waals surface area (Å²) in [7, 11) is 0. The van der Waals surface area contributed by atoms with Gasteiger partial charge in [-0.05, 0) is 30.5 Å². The van der Waals surface area contributed by atoms with Crippen LogP contribution in [0.15, 0.2) is 52.7 Å². The van der Waals surface area contributed by atoms with E-state index >= 15 is 0 Å². The molecule has 4 rings (SSSR count). The molecule has 4 aromatic rings. The zero-order valence-corrected chi connectivity index (χ0v) is 15.2. The van der Waals surface area contributed by atoms with Crippen LogP contribution in [0.1, 0.15) is 17.8 Å². The van der Waals surface area contributed by atoms with Gasteiger partial charge in [-0.25, -0.2) is 9.97 Å². The summed E-state index contributed by atoms with van der Waals surface area (Å²) >= 11 is 3.16. The number of hydrogen-bond donors (Lipinski definition) is 1. The second kappa shape index (κ2) is 6.78. The maximum Gasteiger partial charge on any atom is 0.240 e. The molecule has 0 bridgehead atoms. The predicted molar refractivity (Wildman–Crippen MR) is 102 cm³/mol. The van der Waals surface area contributed by atoms with E-state index in [0.29, 0.717) is 0 Å². The highest BCUT2D eigenvalue weighted by molar-refractivity contribution is 7.10. The number of nitrogens with one attached hydrogen (secondary N) is 1. The molecule has 0 fully saturated rings. The highest BCUT2D eigenvalue weighted by atomic mass is 32.1. The molecule has 3 aromatic heterocycles. The summed E-state index contributed by atoms with van der Waals surface area (Å²) in [5, 5.41) is 7.03. The van der Waals surface area contributed by atoms with E-state index in [-0.39, 0.29) is 18.5 Å². The Hall–Kier alpha value is -2.51. The average Bonchev–Trinajstić information content (AvgIpc) is 3.36. The van der Waals surface area contributed by atoms with E-state index in [1.54, 1.807) is 16.8 Å². The molecule has 7 heteroatoms. The Labute approximate surface area is 153 Å². The molecule has 0 saturated carbocycles. The van der Waals surface area contributed by atoms with E-state index in [9.17, 15) is 4.79 Å². The first-order valence-electron chi connectivity index (χ1n) is 7.89. The van der Waals surface area contributed by atoms with Gasteiger partial charge in [-0.2, -0.15) is 0 Å². The van der Waals surface area contributed by atoms with Gasteiger partial charge in [-0.15, -0.1) is 22.7 Å². The summed E-state index contributed by atoms with van der Waals surface area (Å²) in [6.07, 6.45) is 0. The average molecular weight is 368 g/mol. The first kappa shape index (κ1) is 16.0. The SMILES string of the molecule is C[C@H](NC(=O)Cn1c(-c2cscn2)nc2ccccc21)c1cccs1. The van der Waals surface area contributed by atoms with Gasteiger partial charge in [0, 0.05) is 10.3 Å². The zero-order valence-electron chi connectivity index (χ0n) is 13.5. The molecule has 1 amide bonds.